The Morgan fingerprint density at radius 3 is 2.73 bits per heavy atom. The van der Waals surface area contributed by atoms with Crippen molar-refractivity contribution in [1.29, 1.82) is 0 Å². The van der Waals surface area contributed by atoms with Crippen molar-refractivity contribution in [3.8, 4) is 0 Å². The molecule has 86 valence electrons. The van der Waals surface area contributed by atoms with Gasteiger partial charge in [0.15, 0.2) is 5.78 Å². The number of ketones is 1. The number of carbonyl (C=O) groups is 1. The molecule has 0 fully saturated rings. The van der Waals surface area contributed by atoms with Crippen molar-refractivity contribution in [3.05, 3.63) is 12.2 Å². The number of carbonyl (C=O) groups excluding carboxylic acids is 1. The van der Waals surface area contributed by atoms with E-state index in [0.717, 1.165) is 19.4 Å². The van der Waals surface area contributed by atoms with E-state index in [0.29, 0.717) is 18.3 Å². The van der Waals surface area contributed by atoms with Crippen LogP contribution in [0.5, 0.6) is 0 Å². The summed E-state index contributed by atoms with van der Waals surface area (Å²) in [6.45, 7) is 6.71. The van der Waals surface area contributed by atoms with Gasteiger partial charge in [-0.1, -0.05) is 26.0 Å². The van der Waals surface area contributed by atoms with Crippen molar-refractivity contribution in [3.63, 3.8) is 0 Å². The zero-order valence-corrected chi connectivity index (χ0v) is 10.0. The van der Waals surface area contributed by atoms with Gasteiger partial charge in [0.05, 0.1) is 6.61 Å². The monoisotopic (exact) mass is 210 g/mol. The molecule has 0 aromatic carbocycles. The fraction of sp³-hybridized carbons (Fsp3) is 0.769. The summed E-state index contributed by atoms with van der Waals surface area (Å²) in [7, 11) is 0. The molecule has 0 aromatic heterocycles. The Bertz CT molecular complexity index is 233. The molecule has 3 unspecified atom stereocenters. The van der Waals surface area contributed by atoms with Crippen molar-refractivity contribution in [1.82, 2.24) is 0 Å². The molecule has 1 rings (SSSR count). The predicted molar refractivity (Wildman–Crippen MR) is 61.7 cm³/mol. The molecule has 2 nitrogen and oxygen atoms in total. The highest BCUT2D eigenvalue weighted by atomic mass is 16.5. The smallest absolute Gasteiger partial charge is 0.160 e. The summed E-state index contributed by atoms with van der Waals surface area (Å²) in [4.78, 5) is 11.3. The first-order valence-electron chi connectivity index (χ1n) is 5.94. The van der Waals surface area contributed by atoms with Gasteiger partial charge < -0.3 is 4.74 Å². The third kappa shape index (κ3) is 3.78. The Morgan fingerprint density at radius 2 is 2.13 bits per heavy atom. The fourth-order valence-electron chi connectivity index (χ4n) is 1.89. The maximum Gasteiger partial charge on any atom is 0.160 e. The normalized spacial score (nSPS) is 27.7. The lowest BCUT2D eigenvalue weighted by Crippen LogP contribution is -2.26. The van der Waals surface area contributed by atoms with E-state index in [4.69, 9.17) is 4.74 Å². The van der Waals surface area contributed by atoms with Crippen LogP contribution in [0.4, 0.5) is 0 Å². The Kier molecular flexibility index (Phi) is 5.03. The van der Waals surface area contributed by atoms with Crippen molar-refractivity contribution >= 4 is 5.78 Å². The minimum Gasteiger partial charge on any atom is -0.370 e. The maximum atomic E-state index is 11.3. The highest BCUT2D eigenvalue weighted by molar-refractivity contribution is 5.82. The minimum absolute atomic E-state index is 0.203. The van der Waals surface area contributed by atoms with Gasteiger partial charge in [0.1, 0.15) is 6.10 Å². The Balaban J connectivity index is 2.30. The number of rotatable bonds is 5. The second-order valence-corrected chi connectivity index (χ2v) is 4.48. The van der Waals surface area contributed by atoms with E-state index >= 15 is 0 Å². The third-order valence-corrected chi connectivity index (χ3v) is 3.28. The molecule has 0 aliphatic heterocycles. The molecular weight excluding hydrogens is 188 g/mol. The number of Topliss-reactive ketones (excluding diaryl/α,β-unsaturated/α-hetero) is 1. The molecular formula is C13H22O2. The van der Waals surface area contributed by atoms with Gasteiger partial charge in [-0.05, 0) is 31.6 Å². The summed E-state index contributed by atoms with van der Waals surface area (Å²) < 4.78 is 5.62. The van der Waals surface area contributed by atoms with Gasteiger partial charge in [0.2, 0.25) is 0 Å². The molecule has 0 saturated heterocycles. The zero-order chi connectivity index (χ0) is 11.3. The molecule has 2 heteroatoms. The van der Waals surface area contributed by atoms with Gasteiger partial charge in [-0.15, -0.1) is 0 Å². The third-order valence-electron chi connectivity index (χ3n) is 3.28. The van der Waals surface area contributed by atoms with Crippen LogP contribution in [0.2, 0.25) is 0 Å². The lowest BCUT2D eigenvalue weighted by atomic mass is 9.85. The fourth-order valence-corrected chi connectivity index (χ4v) is 1.89. The summed E-state index contributed by atoms with van der Waals surface area (Å²) in [5.74, 6) is 1.47. The average Bonchev–Trinajstić information content (AvgIpc) is 2.26. The standard InChI is InChI=1S/C13H22O2/c1-4-13(14)11(3)15-9-12-8-6-5-7-10(12)2/h5-6,10-12H,4,7-9H2,1-3H3. The number of ether oxygens (including phenoxy) is 1. The summed E-state index contributed by atoms with van der Waals surface area (Å²) in [5.41, 5.74) is 0. The van der Waals surface area contributed by atoms with Crippen molar-refractivity contribution in [2.75, 3.05) is 6.61 Å². The summed E-state index contributed by atoms with van der Waals surface area (Å²) >= 11 is 0. The maximum absolute atomic E-state index is 11.3. The molecule has 0 amide bonds. The lowest BCUT2D eigenvalue weighted by Gasteiger charge is -2.26. The molecule has 15 heavy (non-hydrogen) atoms. The van der Waals surface area contributed by atoms with Gasteiger partial charge in [0, 0.05) is 6.42 Å². The van der Waals surface area contributed by atoms with E-state index in [1.54, 1.807) is 0 Å². The predicted octanol–water partition coefficient (Wildman–Crippen LogP) is 2.97. The van der Waals surface area contributed by atoms with Crippen LogP contribution in [0, 0.1) is 11.8 Å². The Hall–Kier alpha value is -0.630. The van der Waals surface area contributed by atoms with E-state index in [9.17, 15) is 4.79 Å². The van der Waals surface area contributed by atoms with Crippen molar-refractivity contribution < 1.29 is 9.53 Å². The molecule has 0 saturated carbocycles. The van der Waals surface area contributed by atoms with E-state index < -0.39 is 0 Å². The van der Waals surface area contributed by atoms with Crippen molar-refractivity contribution in [2.24, 2.45) is 11.8 Å². The van der Waals surface area contributed by atoms with Crippen LogP contribution in [-0.4, -0.2) is 18.5 Å². The van der Waals surface area contributed by atoms with Crippen LogP contribution in [-0.2, 0) is 9.53 Å². The van der Waals surface area contributed by atoms with Crippen LogP contribution in [0.1, 0.15) is 40.0 Å². The van der Waals surface area contributed by atoms with Gasteiger partial charge in [0.25, 0.3) is 0 Å². The molecule has 0 bridgehead atoms. The highest BCUT2D eigenvalue weighted by Gasteiger charge is 2.20. The number of hydrogen-bond acceptors (Lipinski definition) is 2. The topological polar surface area (TPSA) is 26.3 Å². The molecule has 3 atom stereocenters. The number of hydrogen-bond donors (Lipinski definition) is 0. The van der Waals surface area contributed by atoms with E-state index in [1.165, 1.54) is 0 Å². The quantitative estimate of drug-likeness (QED) is 0.652. The van der Waals surface area contributed by atoms with Crippen LogP contribution in [0.15, 0.2) is 12.2 Å². The van der Waals surface area contributed by atoms with Crippen LogP contribution < -0.4 is 0 Å². The molecule has 0 spiro atoms. The summed E-state index contributed by atoms with van der Waals surface area (Å²) in [6.07, 6.45) is 7.04. The van der Waals surface area contributed by atoms with Gasteiger partial charge >= 0.3 is 0 Å². The van der Waals surface area contributed by atoms with Gasteiger partial charge in [-0.3, -0.25) is 4.79 Å². The first kappa shape index (κ1) is 12.4. The second-order valence-electron chi connectivity index (χ2n) is 4.48. The first-order chi connectivity index (χ1) is 7.15. The molecule has 0 radical (unpaired) electrons. The molecule has 0 heterocycles. The largest absolute Gasteiger partial charge is 0.370 e. The van der Waals surface area contributed by atoms with E-state index in [2.05, 4.69) is 19.1 Å². The molecule has 0 aromatic rings. The summed E-state index contributed by atoms with van der Waals surface area (Å²) in [5, 5.41) is 0. The lowest BCUT2D eigenvalue weighted by molar-refractivity contribution is -0.130. The van der Waals surface area contributed by atoms with E-state index in [-0.39, 0.29) is 11.9 Å². The molecule has 0 N–H and O–H groups in total. The van der Waals surface area contributed by atoms with Crippen LogP contribution in [0.3, 0.4) is 0 Å². The van der Waals surface area contributed by atoms with E-state index in [1.807, 2.05) is 13.8 Å². The van der Waals surface area contributed by atoms with Crippen LogP contribution in [0.25, 0.3) is 0 Å². The average molecular weight is 210 g/mol. The number of allylic oxidation sites excluding steroid dienone is 2. The summed E-state index contributed by atoms with van der Waals surface area (Å²) in [6, 6.07) is 0. The van der Waals surface area contributed by atoms with Gasteiger partial charge in [-0.2, -0.15) is 0 Å². The molecule has 1 aliphatic rings. The first-order valence-corrected chi connectivity index (χ1v) is 5.94. The zero-order valence-electron chi connectivity index (χ0n) is 10.0. The van der Waals surface area contributed by atoms with Crippen molar-refractivity contribution in [2.45, 2.75) is 46.1 Å². The SMILES string of the molecule is CCC(=O)C(C)OCC1CC=CCC1C. The Labute approximate surface area is 92.7 Å². The Morgan fingerprint density at radius 1 is 1.47 bits per heavy atom. The second kappa shape index (κ2) is 6.06. The molecule has 1 aliphatic carbocycles. The van der Waals surface area contributed by atoms with Gasteiger partial charge in [-0.25, -0.2) is 0 Å². The van der Waals surface area contributed by atoms with Crippen LogP contribution >= 0.6 is 0 Å². The highest BCUT2D eigenvalue weighted by Crippen LogP contribution is 2.25. The minimum atomic E-state index is -0.229.